The van der Waals surface area contributed by atoms with Crippen LogP contribution in [-0.4, -0.2) is 22.7 Å². The fraction of sp³-hybridized carbons (Fsp3) is 0.500. The molecule has 0 aliphatic carbocycles. The standard InChI is InChI=1S/C14H19N3/c1-11(12-4-7-15-8-5-12)13-3-2-10-17-14(13)6-9-16-17/h2-3,6,9-12,15H,4-5,7-8H2,1H3. The van der Waals surface area contributed by atoms with Gasteiger partial charge in [0.15, 0.2) is 0 Å². The lowest BCUT2D eigenvalue weighted by Crippen LogP contribution is -2.30. The quantitative estimate of drug-likeness (QED) is 0.857. The summed E-state index contributed by atoms with van der Waals surface area (Å²) in [6.45, 7) is 4.69. The molecule has 0 bridgehead atoms. The highest BCUT2D eigenvalue weighted by Crippen LogP contribution is 2.32. The number of rotatable bonds is 2. The summed E-state index contributed by atoms with van der Waals surface area (Å²) in [5.41, 5.74) is 2.70. The second-order valence-electron chi connectivity index (χ2n) is 5.00. The van der Waals surface area contributed by atoms with Crippen molar-refractivity contribution in [3.8, 4) is 0 Å². The lowest BCUT2D eigenvalue weighted by atomic mass is 9.81. The molecule has 0 spiro atoms. The van der Waals surface area contributed by atoms with Crippen molar-refractivity contribution in [2.75, 3.05) is 13.1 Å². The predicted octanol–water partition coefficient (Wildman–Crippen LogP) is 2.44. The number of piperidine rings is 1. The molecule has 90 valence electrons. The van der Waals surface area contributed by atoms with Crippen LogP contribution in [0.15, 0.2) is 30.6 Å². The maximum absolute atomic E-state index is 4.31. The minimum Gasteiger partial charge on any atom is -0.317 e. The Kier molecular flexibility index (Phi) is 2.85. The summed E-state index contributed by atoms with van der Waals surface area (Å²) in [7, 11) is 0. The van der Waals surface area contributed by atoms with Crippen LogP contribution in [0.1, 0.15) is 31.2 Å². The van der Waals surface area contributed by atoms with E-state index in [1.165, 1.54) is 23.9 Å². The molecule has 0 amide bonds. The molecule has 1 unspecified atom stereocenters. The van der Waals surface area contributed by atoms with E-state index < -0.39 is 0 Å². The number of hydrogen-bond acceptors (Lipinski definition) is 2. The van der Waals surface area contributed by atoms with E-state index in [1.807, 2.05) is 16.9 Å². The Morgan fingerprint density at radius 2 is 2.18 bits per heavy atom. The van der Waals surface area contributed by atoms with Crippen LogP contribution >= 0.6 is 0 Å². The van der Waals surface area contributed by atoms with Crippen LogP contribution in [0.3, 0.4) is 0 Å². The van der Waals surface area contributed by atoms with Gasteiger partial charge in [-0.05, 0) is 55.5 Å². The summed E-state index contributed by atoms with van der Waals surface area (Å²) in [6.07, 6.45) is 6.48. The Hall–Kier alpha value is -1.35. The van der Waals surface area contributed by atoms with E-state index in [0.717, 1.165) is 19.0 Å². The van der Waals surface area contributed by atoms with E-state index in [9.17, 15) is 0 Å². The second-order valence-corrected chi connectivity index (χ2v) is 5.00. The third-order valence-corrected chi connectivity index (χ3v) is 4.05. The molecule has 1 N–H and O–H groups in total. The summed E-state index contributed by atoms with van der Waals surface area (Å²) in [5, 5.41) is 7.75. The number of nitrogens with zero attached hydrogens (tertiary/aromatic N) is 2. The largest absolute Gasteiger partial charge is 0.317 e. The molecular formula is C14H19N3. The van der Waals surface area contributed by atoms with Crippen LogP contribution in [0, 0.1) is 5.92 Å². The molecule has 3 heteroatoms. The highest BCUT2D eigenvalue weighted by atomic mass is 15.2. The number of aromatic nitrogens is 2. The van der Waals surface area contributed by atoms with Gasteiger partial charge in [0.05, 0.1) is 5.52 Å². The SMILES string of the molecule is CC(c1cccn2nccc12)C1CCNCC1. The summed E-state index contributed by atoms with van der Waals surface area (Å²) in [4.78, 5) is 0. The molecule has 2 aromatic rings. The minimum atomic E-state index is 0.623. The van der Waals surface area contributed by atoms with Gasteiger partial charge in [0, 0.05) is 12.4 Å². The van der Waals surface area contributed by atoms with Crippen LogP contribution in [0.4, 0.5) is 0 Å². The monoisotopic (exact) mass is 229 g/mol. The lowest BCUT2D eigenvalue weighted by molar-refractivity contribution is 0.331. The zero-order valence-electron chi connectivity index (χ0n) is 10.3. The summed E-state index contributed by atoms with van der Waals surface area (Å²) in [6, 6.07) is 6.48. The van der Waals surface area contributed by atoms with Crippen LogP contribution in [0.2, 0.25) is 0 Å². The van der Waals surface area contributed by atoms with Crippen molar-refractivity contribution in [3.63, 3.8) is 0 Å². The molecule has 0 radical (unpaired) electrons. The minimum absolute atomic E-state index is 0.623. The van der Waals surface area contributed by atoms with E-state index in [0.29, 0.717) is 5.92 Å². The first kappa shape index (κ1) is 10.8. The molecule has 1 saturated heterocycles. The van der Waals surface area contributed by atoms with Crippen molar-refractivity contribution >= 4 is 5.52 Å². The molecule has 1 atom stereocenters. The van der Waals surface area contributed by atoms with Crippen LogP contribution < -0.4 is 5.32 Å². The van der Waals surface area contributed by atoms with E-state index in [4.69, 9.17) is 0 Å². The molecule has 2 aromatic heterocycles. The van der Waals surface area contributed by atoms with Crippen LogP contribution in [0.5, 0.6) is 0 Å². The molecule has 1 aliphatic rings. The molecule has 17 heavy (non-hydrogen) atoms. The summed E-state index contributed by atoms with van der Waals surface area (Å²) in [5.74, 6) is 1.43. The molecule has 0 saturated carbocycles. The van der Waals surface area contributed by atoms with Crippen molar-refractivity contribution < 1.29 is 0 Å². The van der Waals surface area contributed by atoms with E-state index in [1.54, 1.807) is 0 Å². The van der Waals surface area contributed by atoms with E-state index >= 15 is 0 Å². The fourth-order valence-corrected chi connectivity index (χ4v) is 2.96. The van der Waals surface area contributed by atoms with Gasteiger partial charge in [-0.1, -0.05) is 13.0 Å². The second kappa shape index (κ2) is 4.49. The maximum atomic E-state index is 4.31. The fourth-order valence-electron chi connectivity index (χ4n) is 2.96. The third-order valence-electron chi connectivity index (χ3n) is 4.05. The van der Waals surface area contributed by atoms with Crippen molar-refractivity contribution in [2.24, 2.45) is 5.92 Å². The molecule has 0 aromatic carbocycles. The first-order valence-electron chi connectivity index (χ1n) is 6.49. The average Bonchev–Trinajstić information content (AvgIpc) is 2.87. The zero-order valence-corrected chi connectivity index (χ0v) is 10.3. The van der Waals surface area contributed by atoms with Gasteiger partial charge in [-0.2, -0.15) is 5.10 Å². The van der Waals surface area contributed by atoms with E-state index in [2.05, 4.69) is 35.5 Å². The van der Waals surface area contributed by atoms with Gasteiger partial charge in [-0.3, -0.25) is 0 Å². The third kappa shape index (κ3) is 1.95. The van der Waals surface area contributed by atoms with Gasteiger partial charge in [0.2, 0.25) is 0 Å². The summed E-state index contributed by atoms with van der Waals surface area (Å²) < 4.78 is 1.98. The van der Waals surface area contributed by atoms with Crippen molar-refractivity contribution in [3.05, 3.63) is 36.2 Å². The van der Waals surface area contributed by atoms with Gasteiger partial charge in [-0.15, -0.1) is 0 Å². The summed E-state index contributed by atoms with van der Waals surface area (Å²) >= 11 is 0. The first-order valence-corrected chi connectivity index (χ1v) is 6.49. The molecule has 3 rings (SSSR count). The van der Waals surface area contributed by atoms with Gasteiger partial charge in [0.1, 0.15) is 0 Å². The Morgan fingerprint density at radius 1 is 1.35 bits per heavy atom. The number of hydrogen-bond donors (Lipinski definition) is 1. The zero-order chi connectivity index (χ0) is 11.7. The van der Waals surface area contributed by atoms with Gasteiger partial charge >= 0.3 is 0 Å². The topological polar surface area (TPSA) is 29.3 Å². The van der Waals surface area contributed by atoms with Crippen LogP contribution in [0.25, 0.3) is 5.52 Å². The molecule has 1 fully saturated rings. The molecule has 3 nitrogen and oxygen atoms in total. The van der Waals surface area contributed by atoms with E-state index in [-0.39, 0.29) is 0 Å². The van der Waals surface area contributed by atoms with Gasteiger partial charge in [0.25, 0.3) is 0 Å². The van der Waals surface area contributed by atoms with Crippen molar-refractivity contribution in [2.45, 2.75) is 25.7 Å². The Morgan fingerprint density at radius 3 is 3.00 bits per heavy atom. The average molecular weight is 229 g/mol. The Bertz CT molecular complexity index is 497. The first-order chi connectivity index (χ1) is 8.36. The highest BCUT2D eigenvalue weighted by molar-refractivity contribution is 5.55. The maximum Gasteiger partial charge on any atom is 0.0696 e. The Balaban J connectivity index is 1.94. The highest BCUT2D eigenvalue weighted by Gasteiger charge is 2.22. The predicted molar refractivity (Wildman–Crippen MR) is 69.2 cm³/mol. The van der Waals surface area contributed by atoms with Crippen molar-refractivity contribution in [1.82, 2.24) is 14.9 Å². The lowest BCUT2D eigenvalue weighted by Gasteiger charge is -2.28. The molecule has 1 aliphatic heterocycles. The number of pyridine rings is 1. The number of fused-ring (bicyclic) bond motifs is 1. The molecule has 3 heterocycles. The van der Waals surface area contributed by atoms with Gasteiger partial charge < -0.3 is 5.32 Å². The smallest absolute Gasteiger partial charge is 0.0696 e. The van der Waals surface area contributed by atoms with Crippen molar-refractivity contribution in [1.29, 1.82) is 0 Å². The normalized spacial score (nSPS) is 19.6. The van der Waals surface area contributed by atoms with Gasteiger partial charge in [-0.25, -0.2) is 4.52 Å². The van der Waals surface area contributed by atoms with Crippen LogP contribution in [-0.2, 0) is 0 Å². The molecular weight excluding hydrogens is 210 g/mol. The number of nitrogens with one attached hydrogen (secondary N) is 1. The Labute approximate surface area is 102 Å².